The van der Waals surface area contributed by atoms with E-state index in [1.54, 1.807) is 0 Å². The first kappa shape index (κ1) is 13.0. The lowest BCUT2D eigenvalue weighted by Crippen LogP contribution is -2.44. The van der Waals surface area contributed by atoms with Crippen molar-refractivity contribution in [1.82, 2.24) is 0 Å². The molecule has 4 heteroatoms. The van der Waals surface area contributed by atoms with Crippen molar-refractivity contribution in [3.8, 4) is 0 Å². The van der Waals surface area contributed by atoms with Crippen molar-refractivity contribution in [3.05, 3.63) is 0 Å². The molecular weight excluding hydrogens is 220 g/mol. The number of aliphatic hydroxyl groups is 1. The second-order valence-corrected chi connectivity index (χ2v) is 5.23. The monoisotopic (exact) mass is 242 g/mol. The molecule has 17 heavy (non-hydrogen) atoms. The minimum absolute atomic E-state index is 0.00132. The van der Waals surface area contributed by atoms with Gasteiger partial charge in [0, 0.05) is 25.6 Å². The van der Waals surface area contributed by atoms with Gasteiger partial charge in [-0.3, -0.25) is 4.79 Å². The van der Waals surface area contributed by atoms with Gasteiger partial charge < -0.3 is 14.6 Å². The summed E-state index contributed by atoms with van der Waals surface area (Å²) in [6.07, 6.45) is 2.95. The summed E-state index contributed by atoms with van der Waals surface area (Å²) in [4.78, 5) is 12.1. The Morgan fingerprint density at radius 2 is 2.35 bits per heavy atom. The fraction of sp³-hybridized carbons (Fsp3) is 0.923. The molecule has 1 spiro atoms. The first-order valence-corrected chi connectivity index (χ1v) is 6.60. The van der Waals surface area contributed by atoms with E-state index in [1.807, 2.05) is 6.92 Å². The van der Waals surface area contributed by atoms with Crippen molar-refractivity contribution in [2.24, 2.45) is 5.92 Å². The lowest BCUT2D eigenvalue weighted by atomic mass is 9.81. The van der Waals surface area contributed by atoms with Crippen LogP contribution in [0.4, 0.5) is 0 Å². The molecule has 2 heterocycles. The molecule has 2 aliphatic rings. The topological polar surface area (TPSA) is 55.8 Å². The number of carbonyl (C=O) groups excluding carboxylic acids is 1. The molecule has 0 saturated carbocycles. The maximum absolute atomic E-state index is 12.1. The summed E-state index contributed by atoms with van der Waals surface area (Å²) in [5.74, 6) is -0.0478. The van der Waals surface area contributed by atoms with E-state index < -0.39 is 6.10 Å². The second-order valence-electron chi connectivity index (χ2n) is 5.23. The maximum atomic E-state index is 12.1. The molecule has 0 bridgehead atoms. The molecular formula is C13H22O4. The van der Waals surface area contributed by atoms with Gasteiger partial charge >= 0.3 is 0 Å². The van der Waals surface area contributed by atoms with Crippen LogP contribution in [0.25, 0.3) is 0 Å². The Bertz CT molecular complexity index is 271. The van der Waals surface area contributed by atoms with Gasteiger partial charge in [-0.05, 0) is 19.3 Å². The van der Waals surface area contributed by atoms with Crippen LogP contribution in [0.5, 0.6) is 0 Å². The summed E-state index contributed by atoms with van der Waals surface area (Å²) in [6.45, 7) is 3.91. The molecule has 3 atom stereocenters. The van der Waals surface area contributed by atoms with Crippen LogP contribution in [0.15, 0.2) is 0 Å². The third-order valence-electron chi connectivity index (χ3n) is 3.85. The van der Waals surface area contributed by atoms with E-state index >= 15 is 0 Å². The largest absolute Gasteiger partial charge is 0.385 e. The highest BCUT2D eigenvalue weighted by atomic mass is 16.6. The van der Waals surface area contributed by atoms with E-state index in [0.717, 1.165) is 25.9 Å². The van der Waals surface area contributed by atoms with Gasteiger partial charge in [0.15, 0.2) is 5.78 Å². The summed E-state index contributed by atoms with van der Waals surface area (Å²) >= 11 is 0. The Morgan fingerprint density at radius 3 is 3.00 bits per heavy atom. The second kappa shape index (κ2) is 5.46. The van der Waals surface area contributed by atoms with Gasteiger partial charge in [-0.2, -0.15) is 0 Å². The molecule has 0 aromatic rings. The van der Waals surface area contributed by atoms with Gasteiger partial charge in [-0.1, -0.05) is 13.3 Å². The number of carbonyl (C=O) groups is 1. The highest BCUT2D eigenvalue weighted by molar-refractivity contribution is 5.85. The number of Topliss-reactive ketones (excluding diaryl/α,β-unsaturated/α-hetero) is 1. The van der Waals surface area contributed by atoms with Crippen LogP contribution in [0.2, 0.25) is 0 Å². The molecule has 98 valence electrons. The molecule has 2 rings (SSSR count). The van der Waals surface area contributed by atoms with Gasteiger partial charge in [-0.15, -0.1) is 0 Å². The van der Waals surface area contributed by atoms with Crippen molar-refractivity contribution in [2.45, 2.75) is 50.7 Å². The zero-order valence-corrected chi connectivity index (χ0v) is 10.5. The first-order chi connectivity index (χ1) is 8.17. The van der Waals surface area contributed by atoms with Crippen molar-refractivity contribution >= 4 is 5.78 Å². The average Bonchev–Trinajstić information content (AvgIpc) is 2.76. The van der Waals surface area contributed by atoms with E-state index in [4.69, 9.17) is 9.47 Å². The molecule has 0 aliphatic carbocycles. The summed E-state index contributed by atoms with van der Waals surface area (Å²) < 4.78 is 11.2. The molecule has 2 saturated heterocycles. The van der Waals surface area contributed by atoms with Crippen LogP contribution < -0.4 is 0 Å². The molecule has 0 amide bonds. The SMILES string of the molecule is CCCC(O)C(=O)C1CCOC2(CCOC2)C1. The number of ether oxygens (including phenoxy) is 2. The Kier molecular flexibility index (Phi) is 4.17. The maximum Gasteiger partial charge on any atom is 0.164 e. The minimum atomic E-state index is -0.789. The molecule has 1 N–H and O–H groups in total. The van der Waals surface area contributed by atoms with Gasteiger partial charge in [0.05, 0.1) is 12.2 Å². The van der Waals surface area contributed by atoms with E-state index in [1.165, 1.54) is 0 Å². The van der Waals surface area contributed by atoms with Crippen molar-refractivity contribution in [2.75, 3.05) is 19.8 Å². The first-order valence-electron chi connectivity index (χ1n) is 6.60. The highest BCUT2D eigenvalue weighted by Gasteiger charge is 2.43. The summed E-state index contributed by atoms with van der Waals surface area (Å²) in [5.41, 5.74) is -0.246. The molecule has 4 nitrogen and oxygen atoms in total. The van der Waals surface area contributed by atoms with Crippen LogP contribution in [0.1, 0.15) is 39.0 Å². The van der Waals surface area contributed by atoms with Crippen LogP contribution in [0.3, 0.4) is 0 Å². The number of hydrogen-bond acceptors (Lipinski definition) is 4. The average molecular weight is 242 g/mol. The number of rotatable bonds is 4. The Balaban J connectivity index is 1.94. The summed E-state index contributed by atoms with van der Waals surface area (Å²) in [5, 5.41) is 9.78. The lowest BCUT2D eigenvalue weighted by molar-refractivity contribution is -0.144. The number of ketones is 1. The molecule has 3 unspecified atom stereocenters. The lowest BCUT2D eigenvalue weighted by Gasteiger charge is -2.37. The van der Waals surface area contributed by atoms with E-state index in [-0.39, 0.29) is 17.3 Å². The van der Waals surface area contributed by atoms with Gasteiger partial charge in [-0.25, -0.2) is 0 Å². The fourth-order valence-corrected chi connectivity index (χ4v) is 2.82. The zero-order chi connectivity index (χ0) is 12.3. The molecule has 2 fully saturated rings. The molecule has 2 aliphatic heterocycles. The molecule has 0 radical (unpaired) electrons. The van der Waals surface area contributed by atoms with Gasteiger partial charge in [0.2, 0.25) is 0 Å². The van der Waals surface area contributed by atoms with E-state index in [9.17, 15) is 9.90 Å². The number of hydrogen-bond donors (Lipinski definition) is 1. The van der Waals surface area contributed by atoms with E-state index in [0.29, 0.717) is 26.1 Å². The fourth-order valence-electron chi connectivity index (χ4n) is 2.82. The molecule has 0 aromatic heterocycles. The standard InChI is InChI=1S/C13H22O4/c1-2-3-11(14)12(15)10-4-6-17-13(8-10)5-7-16-9-13/h10-11,14H,2-9H2,1H3. The third kappa shape index (κ3) is 2.87. The highest BCUT2D eigenvalue weighted by Crippen LogP contribution is 2.36. The predicted molar refractivity (Wildman–Crippen MR) is 62.8 cm³/mol. The van der Waals surface area contributed by atoms with Crippen molar-refractivity contribution < 1.29 is 19.4 Å². The quantitative estimate of drug-likeness (QED) is 0.807. The van der Waals surface area contributed by atoms with Gasteiger partial charge in [0.25, 0.3) is 0 Å². The molecule has 0 aromatic carbocycles. The Hall–Kier alpha value is -0.450. The number of aliphatic hydroxyl groups excluding tert-OH is 1. The van der Waals surface area contributed by atoms with Gasteiger partial charge in [0.1, 0.15) is 6.10 Å². The van der Waals surface area contributed by atoms with Crippen LogP contribution in [-0.2, 0) is 14.3 Å². The summed E-state index contributed by atoms with van der Waals surface area (Å²) in [6, 6.07) is 0. The normalized spacial score (nSPS) is 35.1. The van der Waals surface area contributed by atoms with Crippen LogP contribution >= 0.6 is 0 Å². The predicted octanol–water partition coefficient (Wildman–Crippen LogP) is 1.30. The van der Waals surface area contributed by atoms with Crippen LogP contribution in [0, 0.1) is 5.92 Å². The van der Waals surface area contributed by atoms with Crippen molar-refractivity contribution in [3.63, 3.8) is 0 Å². The van der Waals surface area contributed by atoms with Crippen molar-refractivity contribution in [1.29, 1.82) is 0 Å². The minimum Gasteiger partial charge on any atom is -0.385 e. The Morgan fingerprint density at radius 1 is 1.53 bits per heavy atom. The van der Waals surface area contributed by atoms with E-state index in [2.05, 4.69) is 0 Å². The van der Waals surface area contributed by atoms with Crippen LogP contribution in [-0.4, -0.2) is 42.4 Å². The smallest absolute Gasteiger partial charge is 0.164 e. The Labute approximate surface area is 102 Å². The zero-order valence-electron chi connectivity index (χ0n) is 10.5. The third-order valence-corrected chi connectivity index (χ3v) is 3.85. The summed E-state index contributed by atoms with van der Waals surface area (Å²) in [7, 11) is 0.